The van der Waals surface area contributed by atoms with E-state index in [0.717, 1.165) is 11.1 Å². The summed E-state index contributed by atoms with van der Waals surface area (Å²) in [7, 11) is 3.14. The zero-order valence-corrected chi connectivity index (χ0v) is 11.0. The number of nitrogens with two attached hydrogens (primary N) is 1. The van der Waals surface area contributed by atoms with Gasteiger partial charge in [-0.25, -0.2) is 4.79 Å². The van der Waals surface area contributed by atoms with Crippen LogP contribution in [0, 0.1) is 6.92 Å². The predicted octanol–water partition coefficient (Wildman–Crippen LogP) is 2.21. The van der Waals surface area contributed by atoms with Gasteiger partial charge in [0.2, 0.25) is 0 Å². The molecule has 0 spiro atoms. The molecule has 2 aromatic rings. The standard InChI is InChI=1S/C14H15NO4/c1-8-10(7-11(15)14(16)19-8)9-4-5-12(17-2)13(6-9)18-3/h4-7H,15H2,1-3H3. The Morgan fingerprint density at radius 2 is 1.79 bits per heavy atom. The van der Waals surface area contributed by atoms with Gasteiger partial charge in [0.1, 0.15) is 11.4 Å². The number of ether oxygens (including phenoxy) is 2. The minimum Gasteiger partial charge on any atom is -0.493 e. The Morgan fingerprint density at radius 1 is 1.11 bits per heavy atom. The lowest BCUT2D eigenvalue weighted by atomic mass is 10.0. The van der Waals surface area contributed by atoms with Crippen LogP contribution in [0.1, 0.15) is 5.76 Å². The fourth-order valence-electron chi connectivity index (χ4n) is 1.86. The molecule has 19 heavy (non-hydrogen) atoms. The lowest BCUT2D eigenvalue weighted by Crippen LogP contribution is -2.07. The fraction of sp³-hybridized carbons (Fsp3) is 0.214. The highest BCUT2D eigenvalue weighted by molar-refractivity contribution is 5.70. The lowest BCUT2D eigenvalue weighted by Gasteiger charge is -2.11. The van der Waals surface area contributed by atoms with Gasteiger partial charge in [0.15, 0.2) is 11.5 Å². The molecular formula is C14H15NO4. The van der Waals surface area contributed by atoms with Crippen LogP contribution >= 0.6 is 0 Å². The normalized spacial score (nSPS) is 10.3. The molecule has 1 heterocycles. The van der Waals surface area contributed by atoms with Gasteiger partial charge in [-0.3, -0.25) is 0 Å². The number of hydrogen-bond donors (Lipinski definition) is 1. The van der Waals surface area contributed by atoms with Crippen LogP contribution in [0.5, 0.6) is 11.5 Å². The highest BCUT2D eigenvalue weighted by atomic mass is 16.5. The van der Waals surface area contributed by atoms with E-state index in [4.69, 9.17) is 19.6 Å². The molecule has 1 aromatic heterocycles. The Morgan fingerprint density at radius 3 is 2.42 bits per heavy atom. The monoisotopic (exact) mass is 261 g/mol. The number of hydrogen-bond acceptors (Lipinski definition) is 5. The maximum Gasteiger partial charge on any atom is 0.359 e. The van der Waals surface area contributed by atoms with Crippen molar-refractivity contribution >= 4 is 5.69 Å². The third-order valence-corrected chi connectivity index (χ3v) is 2.86. The first-order valence-electron chi connectivity index (χ1n) is 5.69. The van der Waals surface area contributed by atoms with E-state index in [1.54, 1.807) is 39.3 Å². The summed E-state index contributed by atoms with van der Waals surface area (Å²) in [5, 5.41) is 0. The van der Waals surface area contributed by atoms with E-state index in [1.165, 1.54) is 0 Å². The molecule has 0 saturated heterocycles. The number of anilines is 1. The van der Waals surface area contributed by atoms with E-state index in [9.17, 15) is 4.79 Å². The number of nitrogen functional groups attached to an aromatic ring is 1. The summed E-state index contributed by atoms with van der Waals surface area (Å²) in [4.78, 5) is 11.3. The molecule has 100 valence electrons. The maximum absolute atomic E-state index is 11.3. The Labute approximate surface area is 110 Å². The van der Waals surface area contributed by atoms with Gasteiger partial charge >= 0.3 is 5.63 Å². The highest BCUT2D eigenvalue weighted by Crippen LogP contribution is 2.33. The summed E-state index contributed by atoms with van der Waals surface area (Å²) in [5.74, 6) is 1.74. The molecule has 5 nitrogen and oxygen atoms in total. The molecule has 2 rings (SSSR count). The van der Waals surface area contributed by atoms with Gasteiger partial charge in [0, 0.05) is 5.56 Å². The van der Waals surface area contributed by atoms with Crippen molar-refractivity contribution in [3.05, 3.63) is 40.4 Å². The summed E-state index contributed by atoms with van der Waals surface area (Å²) in [6.45, 7) is 1.72. The summed E-state index contributed by atoms with van der Waals surface area (Å²) >= 11 is 0. The van der Waals surface area contributed by atoms with Crippen molar-refractivity contribution in [3.8, 4) is 22.6 Å². The van der Waals surface area contributed by atoms with Gasteiger partial charge in [0.25, 0.3) is 0 Å². The van der Waals surface area contributed by atoms with Crippen molar-refractivity contribution in [3.63, 3.8) is 0 Å². The van der Waals surface area contributed by atoms with E-state index >= 15 is 0 Å². The molecule has 0 aliphatic heterocycles. The third kappa shape index (κ3) is 2.40. The first kappa shape index (κ1) is 13.0. The van der Waals surface area contributed by atoms with Gasteiger partial charge in [-0.2, -0.15) is 0 Å². The Kier molecular flexibility index (Phi) is 3.46. The van der Waals surface area contributed by atoms with Crippen LogP contribution in [0.15, 0.2) is 33.5 Å². The van der Waals surface area contributed by atoms with Crippen molar-refractivity contribution in [2.45, 2.75) is 6.92 Å². The molecule has 5 heteroatoms. The van der Waals surface area contributed by atoms with E-state index in [1.807, 2.05) is 6.07 Å². The van der Waals surface area contributed by atoms with Gasteiger partial charge in [-0.15, -0.1) is 0 Å². The Balaban J connectivity index is 2.59. The molecule has 0 bridgehead atoms. The smallest absolute Gasteiger partial charge is 0.359 e. The molecule has 0 atom stereocenters. The van der Waals surface area contributed by atoms with E-state index in [0.29, 0.717) is 17.3 Å². The van der Waals surface area contributed by atoms with Crippen LogP contribution in [0.25, 0.3) is 11.1 Å². The van der Waals surface area contributed by atoms with Crippen LogP contribution in [-0.4, -0.2) is 14.2 Å². The molecular weight excluding hydrogens is 246 g/mol. The van der Waals surface area contributed by atoms with Crippen LogP contribution in [0.4, 0.5) is 5.69 Å². The number of aryl methyl sites for hydroxylation is 1. The first-order chi connectivity index (χ1) is 9.06. The predicted molar refractivity (Wildman–Crippen MR) is 72.7 cm³/mol. The zero-order chi connectivity index (χ0) is 14.0. The largest absolute Gasteiger partial charge is 0.493 e. The second-order valence-corrected chi connectivity index (χ2v) is 4.03. The van der Waals surface area contributed by atoms with Gasteiger partial charge in [-0.05, 0) is 30.7 Å². The second-order valence-electron chi connectivity index (χ2n) is 4.03. The zero-order valence-electron chi connectivity index (χ0n) is 11.0. The average molecular weight is 261 g/mol. The molecule has 0 aliphatic rings. The third-order valence-electron chi connectivity index (χ3n) is 2.86. The van der Waals surface area contributed by atoms with Crippen LogP contribution in [0.3, 0.4) is 0 Å². The number of rotatable bonds is 3. The van der Waals surface area contributed by atoms with Gasteiger partial charge in [-0.1, -0.05) is 6.07 Å². The molecule has 2 N–H and O–H groups in total. The minimum atomic E-state index is -0.526. The minimum absolute atomic E-state index is 0.0791. The molecule has 0 amide bonds. The SMILES string of the molecule is COc1ccc(-c2cc(N)c(=O)oc2C)cc1OC. The summed E-state index contributed by atoms with van der Waals surface area (Å²) in [6, 6.07) is 7.04. The Bertz CT molecular complexity index is 661. The molecule has 0 radical (unpaired) electrons. The van der Waals surface area contributed by atoms with Crippen molar-refractivity contribution < 1.29 is 13.9 Å². The number of methoxy groups -OCH3 is 2. The van der Waals surface area contributed by atoms with Crippen LogP contribution in [0.2, 0.25) is 0 Å². The Hall–Kier alpha value is -2.43. The molecule has 1 aromatic carbocycles. The lowest BCUT2D eigenvalue weighted by molar-refractivity contribution is 0.355. The number of benzene rings is 1. The maximum atomic E-state index is 11.3. The summed E-state index contributed by atoms with van der Waals surface area (Å²) < 4.78 is 15.5. The average Bonchev–Trinajstić information content (AvgIpc) is 2.42. The molecule has 0 unspecified atom stereocenters. The first-order valence-corrected chi connectivity index (χ1v) is 5.69. The highest BCUT2D eigenvalue weighted by Gasteiger charge is 2.11. The van der Waals surface area contributed by atoms with Crippen molar-refractivity contribution in [1.29, 1.82) is 0 Å². The van der Waals surface area contributed by atoms with Crippen LogP contribution < -0.4 is 20.8 Å². The van der Waals surface area contributed by atoms with Gasteiger partial charge < -0.3 is 19.6 Å². The summed E-state index contributed by atoms with van der Waals surface area (Å²) in [6.07, 6.45) is 0. The molecule has 0 aliphatic carbocycles. The van der Waals surface area contributed by atoms with Crippen LogP contribution in [-0.2, 0) is 0 Å². The quantitative estimate of drug-likeness (QED) is 0.916. The van der Waals surface area contributed by atoms with Crippen molar-refractivity contribution in [1.82, 2.24) is 0 Å². The second kappa shape index (κ2) is 5.06. The molecule has 0 fully saturated rings. The van der Waals surface area contributed by atoms with Gasteiger partial charge in [0.05, 0.1) is 14.2 Å². The van der Waals surface area contributed by atoms with E-state index < -0.39 is 5.63 Å². The summed E-state index contributed by atoms with van der Waals surface area (Å²) in [5.41, 5.74) is 6.73. The van der Waals surface area contributed by atoms with Crippen molar-refractivity contribution in [2.24, 2.45) is 0 Å². The fourth-order valence-corrected chi connectivity index (χ4v) is 1.86. The topological polar surface area (TPSA) is 74.7 Å². The molecule has 0 saturated carbocycles. The van der Waals surface area contributed by atoms with E-state index in [-0.39, 0.29) is 5.69 Å². The van der Waals surface area contributed by atoms with E-state index in [2.05, 4.69) is 0 Å². The van der Waals surface area contributed by atoms with Crippen molar-refractivity contribution in [2.75, 3.05) is 20.0 Å².